The molecule has 0 fully saturated rings. The molecule has 1 N–H and O–H groups in total. The quantitative estimate of drug-likeness (QED) is 0.464. The van der Waals surface area contributed by atoms with E-state index in [1.54, 1.807) is 12.1 Å². The Morgan fingerprint density at radius 1 is 0.971 bits per heavy atom. The predicted octanol–water partition coefficient (Wildman–Crippen LogP) is 4.99. The van der Waals surface area contributed by atoms with Crippen molar-refractivity contribution in [3.63, 3.8) is 0 Å². The van der Waals surface area contributed by atoms with Crippen LogP contribution in [0.5, 0.6) is 11.5 Å². The number of aromatic carboxylic acids is 1. The second-order valence-corrected chi connectivity index (χ2v) is 8.26. The fourth-order valence-corrected chi connectivity index (χ4v) is 4.55. The van der Waals surface area contributed by atoms with Gasteiger partial charge in [-0.3, -0.25) is 0 Å². The van der Waals surface area contributed by atoms with Crippen LogP contribution in [0.4, 0.5) is 15.9 Å². The molecule has 0 saturated carbocycles. The van der Waals surface area contributed by atoms with Crippen LogP contribution in [-0.4, -0.2) is 40.8 Å². The third-order valence-corrected chi connectivity index (χ3v) is 6.16. The summed E-state index contributed by atoms with van der Waals surface area (Å²) in [5, 5.41) is 9.44. The van der Waals surface area contributed by atoms with Crippen molar-refractivity contribution in [1.82, 2.24) is 9.97 Å². The summed E-state index contributed by atoms with van der Waals surface area (Å²) in [6.07, 6.45) is 1.39. The van der Waals surface area contributed by atoms with Crippen molar-refractivity contribution < 1.29 is 23.8 Å². The number of carboxylic acid groups (broad SMARTS) is 1. The molecule has 1 aromatic heterocycles. The van der Waals surface area contributed by atoms with Crippen molar-refractivity contribution in [2.75, 3.05) is 24.7 Å². The number of carbonyl (C=O) groups is 1. The Kier molecular flexibility index (Phi) is 4.79. The van der Waals surface area contributed by atoms with E-state index < -0.39 is 5.97 Å². The number of aromatic nitrogens is 2. The molecule has 170 valence electrons. The van der Waals surface area contributed by atoms with Gasteiger partial charge in [0.05, 0.1) is 16.6 Å². The molecule has 0 aliphatic carbocycles. The smallest absolute Gasteiger partial charge is 0.335 e. The van der Waals surface area contributed by atoms with Gasteiger partial charge in [0.1, 0.15) is 24.7 Å². The fourth-order valence-electron chi connectivity index (χ4n) is 4.55. The molecule has 6 rings (SSSR count). The van der Waals surface area contributed by atoms with Crippen molar-refractivity contribution in [2.45, 2.75) is 12.8 Å². The first-order valence-corrected chi connectivity index (χ1v) is 11.1. The van der Waals surface area contributed by atoms with Crippen molar-refractivity contribution in [1.29, 1.82) is 0 Å². The van der Waals surface area contributed by atoms with Crippen molar-refractivity contribution >= 4 is 28.5 Å². The number of fused-ring (bicyclic) bond motifs is 3. The lowest BCUT2D eigenvalue weighted by Crippen LogP contribution is -2.27. The van der Waals surface area contributed by atoms with Gasteiger partial charge >= 0.3 is 5.97 Å². The zero-order valence-corrected chi connectivity index (χ0v) is 18.1. The zero-order valence-electron chi connectivity index (χ0n) is 18.1. The van der Waals surface area contributed by atoms with Gasteiger partial charge in [0.25, 0.3) is 0 Å². The predicted molar refractivity (Wildman–Crippen MR) is 125 cm³/mol. The van der Waals surface area contributed by atoms with Crippen molar-refractivity contribution in [3.8, 4) is 22.8 Å². The van der Waals surface area contributed by atoms with E-state index in [0.29, 0.717) is 65.8 Å². The maximum Gasteiger partial charge on any atom is 0.335 e. The van der Waals surface area contributed by atoms with Crippen LogP contribution >= 0.6 is 0 Å². The Morgan fingerprint density at radius 3 is 2.68 bits per heavy atom. The number of anilines is 2. The number of hydrogen-bond acceptors (Lipinski definition) is 6. The van der Waals surface area contributed by atoms with Crippen LogP contribution in [0.1, 0.15) is 22.3 Å². The van der Waals surface area contributed by atoms with E-state index in [1.807, 2.05) is 29.2 Å². The molecule has 0 atom stereocenters. The van der Waals surface area contributed by atoms with Crippen LogP contribution in [-0.2, 0) is 6.42 Å². The van der Waals surface area contributed by atoms with Crippen LogP contribution < -0.4 is 14.4 Å². The summed E-state index contributed by atoms with van der Waals surface area (Å²) < 4.78 is 26.0. The van der Waals surface area contributed by atoms with Gasteiger partial charge in [0, 0.05) is 23.4 Å². The number of halogens is 1. The Bertz CT molecular complexity index is 1460. The second kappa shape index (κ2) is 7.98. The molecular formula is C26H20FN3O4. The Balaban J connectivity index is 1.59. The van der Waals surface area contributed by atoms with Gasteiger partial charge in [-0.15, -0.1) is 0 Å². The van der Waals surface area contributed by atoms with E-state index in [-0.39, 0.29) is 11.4 Å². The molecular weight excluding hydrogens is 437 g/mol. The molecule has 3 aromatic carbocycles. The SMILES string of the molecule is O=C(O)c1ccc2nc(-c3ccc4c(c3)OCCO4)c(N3CCCc4c(F)cccc43)nc2c1. The number of benzene rings is 3. The lowest BCUT2D eigenvalue weighted by atomic mass is 10.00. The Hall–Kier alpha value is -4.20. The lowest BCUT2D eigenvalue weighted by molar-refractivity contribution is 0.0697. The molecule has 0 radical (unpaired) electrons. The molecule has 3 heterocycles. The number of hydrogen-bond donors (Lipinski definition) is 1. The molecule has 0 amide bonds. The van der Waals surface area contributed by atoms with Gasteiger partial charge < -0.3 is 19.5 Å². The molecule has 2 aliphatic heterocycles. The summed E-state index contributed by atoms with van der Waals surface area (Å²) in [7, 11) is 0. The van der Waals surface area contributed by atoms with E-state index in [9.17, 15) is 14.3 Å². The molecule has 8 heteroatoms. The summed E-state index contributed by atoms with van der Waals surface area (Å²) in [6, 6.07) is 15.3. The highest BCUT2D eigenvalue weighted by molar-refractivity contribution is 5.94. The first kappa shape index (κ1) is 20.4. The summed E-state index contributed by atoms with van der Waals surface area (Å²) >= 11 is 0. The zero-order chi connectivity index (χ0) is 23.2. The number of carboxylic acids is 1. The molecule has 7 nitrogen and oxygen atoms in total. The van der Waals surface area contributed by atoms with Crippen LogP contribution in [0, 0.1) is 5.82 Å². The van der Waals surface area contributed by atoms with E-state index in [4.69, 9.17) is 19.4 Å². The Morgan fingerprint density at radius 2 is 1.82 bits per heavy atom. The molecule has 4 aromatic rings. The number of ether oxygens (including phenoxy) is 2. The summed E-state index contributed by atoms with van der Waals surface area (Å²) in [5.74, 6) is 0.555. The molecule has 0 spiro atoms. The van der Waals surface area contributed by atoms with Gasteiger partial charge in [-0.1, -0.05) is 6.07 Å². The normalized spacial score (nSPS) is 14.7. The van der Waals surface area contributed by atoms with Gasteiger partial charge in [0.15, 0.2) is 17.3 Å². The first-order chi connectivity index (χ1) is 16.6. The van der Waals surface area contributed by atoms with Gasteiger partial charge in [-0.05, 0) is 61.4 Å². The minimum Gasteiger partial charge on any atom is -0.486 e. The minimum absolute atomic E-state index is 0.130. The highest BCUT2D eigenvalue weighted by atomic mass is 19.1. The summed E-state index contributed by atoms with van der Waals surface area (Å²) in [4.78, 5) is 23.2. The maximum absolute atomic E-state index is 14.6. The molecule has 34 heavy (non-hydrogen) atoms. The molecule has 0 saturated heterocycles. The van der Waals surface area contributed by atoms with Crippen LogP contribution in [0.2, 0.25) is 0 Å². The second-order valence-electron chi connectivity index (χ2n) is 8.26. The standard InChI is InChI=1S/C26H20FN3O4/c27-18-4-1-5-21-17(18)3-2-10-30(21)25-24(15-7-9-22-23(14-15)34-12-11-33-22)28-19-8-6-16(26(31)32)13-20(19)29-25/h1,4-9,13-14H,2-3,10-12H2,(H,31,32). The third-order valence-electron chi connectivity index (χ3n) is 6.16. The maximum atomic E-state index is 14.6. The van der Waals surface area contributed by atoms with E-state index >= 15 is 0 Å². The minimum atomic E-state index is -1.04. The molecule has 0 bridgehead atoms. The van der Waals surface area contributed by atoms with Crippen LogP contribution in [0.3, 0.4) is 0 Å². The highest BCUT2D eigenvalue weighted by Gasteiger charge is 2.26. The molecule has 0 unspecified atom stereocenters. The topological polar surface area (TPSA) is 84.8 Å². The van der Waals surface area contributed by atoms with E-state index in [1.165, 1.54) is 18.2 Å². The van der Waals surface area contributed by atoms with Crippen LogP contribution in [0.25, 0.3) is 22.3 Å². The van der Waals surface area contributed by atoms with E-state index in [2.05, 4.69) is 0 Å². The lowest BCUT2D eigenvalue weighted by Gasteiger charge is -2.32. The molecule has 2 aliphatic rings. The Labute approximate surface area is 194 Å². The number of rotatable bonds is 3. The third kappa shape index (κ3) is 3.39. The number of nitrogens with zero attached hydrogens (tertiary/aromatic N) is 3. The summed E-state index contributed by atoms with van der Waals surface area (Å²) in [6.45, 7) is 1.59. The fraction of sp³-hybridized carbons (Fsp3) is 0.192. The summed E-state index contributed by atoms with van der Waals surface area (Å²) in [5.41, 5.74) is 3.92. The average molecular weight is 457 g/mol. The van der Waals surface area contributed by atoms with Crippen molar-refractivity contribution in [2.24, 2.45) is 0 Å². The van der Waals surface area contributed by atoms with Gasteiger partial charge in [-0.2, -0.15) is 0 Å². The van der Waals surface area contributed by atoms with Gasteiger partial charge in [-0.25, -0.2) is 19.2 Å². The van der Waals surface area contributed by atoms with Crippen molar-refractivity contribution in [3.05, 3.63) is 71.5 Å². The first-order valence-electron chi connectivity index (χ1n) is 11.1. The largest absolute Gasteiger partial charge is 0.486 e. The van der Waals surface area contributed by atoms with Gasteiger partial charge in [0.2, 0.25) is 0 Å². The monoisotopic (exact) mass is 457 g/mol. The highest BCUT2D eigenvalue weighted by Crippen LogP contribution is 2.41. The average Bonchev–Trinajstić information content (AvgIpc) is 2.87. The van der Waals surface area contributed by atoms with Crippen LogP contribution in [0.15, 0.2) is 54.6 Å². The van der Waals surface area contributed by atoms with E-state index in [0.717, 1.165) is 17.7 Å².